The quantitative estimate of drug-likeness (QED) is 0.842. The number of thiocarbonyl (C=S) groups is 1. The molecule has 2 N–H and O–H groups in total. The summed E-state index contributed by atoms with van der Waals surface area (Å²) in [6.45, 7) is 3.57. The van der Waals surface area contributed by atoms with Crippen LogP contribution < -0.4 is 10.6 Å². The summed E-state index contributed by atoms with van der Waals surface area (Å²) in [5, 5.41) is 12.6. The summed E-state index contributed by atoms with van der Waals surface area (Å²) >= 11 is 6.54. The number of aromatic nitrogens is 2. The van der Waals surface area contributed by atoms with Crippen LogP contribution in [0.3, 0.4) is 0 Å². The van der Waals surface area contributed by atoms with Crippen LogP contribution in [0.15, 0.2) is 35.2 Å². The number of hydrogen-bond donors (Lipinski definition) is 2. The van der Waals surface area contributed by atoms with Gasteiger partial charge in [-0.3, -0.25) is 4.79 Å². The Labute approximate surface area is 137 Å². The summed E-state index contributed by atoms with van der Waals surface area (Å²) in [5.41, 5.74) is 4.13. The van der Waals surface area contributed by atoms with Gasteiger partial charge in [-0.25, -0.2) is 0 Å². The first-order chi connectivity index (χ1) is 10.6. The Balaban J connectivity index is 2.16. The number of benzene rings is 1. The fourth-order valence-corrected chi connectivity index (χ4v) is 3.11. The van der Waals surface area contributed by atoms with E-state index in [1.54, 1.807) is 6.92 Å². The normalized spacial score (nSPS) is 17.9. The lowest BCUT2D eigenvalue weighted by atomic mass is 9.93. The lowest BCUT2D eigenvalue weighted by Gasteiger charge is -2.29. The second kappa shape index (κ2) is 5.94. The summed E-state index contributed by atoms with van der Waals surface area (Å²) < 4.78 is 3.88. The predicted octanol–water partition coefficient (Wildman–Crippen LogP) is 2.37. The standard InChI is InChI=1S/C15H14N4OS2/c1-8-3-5-10(6-4-8)13-12(9(2)20)14(17-15(21)16-13)11-7-22-19-18-11/h3-7,14H,1-2H3,(H2,16,17,21)/t14-/m0/s1. The number of ketones is 1. The van der Waals surface area contributed by atoms with E-state index in [2.05, 4.69) is 20.2 Å². The van der Waals surface area contributed by atoms with E-state index in [9.17, 15) is 4.79 Å². The largest absolute Gasteiger partial charge is 0.350 e. The summed E-state index contributed by atoms with van der Waals surface area (Å²) in [4.78, 5) is 12.2. The average Bonchev–Trinajstić information content (AvgIpc) is 3.01. The van der Waals surface area contributed by atoms with Gasteiger partial charge in [-0.15, -0.1) is 5.10 Å². The molecule has 1 aromatic heterocycles. The zero-order chi connectivity index (χ0) is 15.7. The van der Waals surface area contributed by atoms with Crippen molar-refractivity contribution in [3.8, 4) is 0 Å². The van der Waals surface area contributed by atoms with Crippen molar-refractivity contribution in [3.63, 3.8) is 0 Å². The minimum atomic E-state index is -0.374. The van der Waals surface area contributed by atoms with Gasteiger partial charge in [0, 0.05) is 11.0 Å². The van der Waals surface area contributed by atoms with Gasteiger partial charge in [-0.05, 0) is 43.2 Å². The molecule has 0 radical (unpaired) electrons. The first-order valence-electron chi connectivity index (χ1n) is 6.73. The molecule has 0 bridgehead atoms. The molecule has 1 aliphatic rings. The third-order valence-electron chi connectivity index (χ3n) is 3.46. The molecule has 0 unspecified atom stereocenters. The van der Waals surface area contributed by atoms with Crippen LogP contribution in [0.4, 0.5) is 0 Å². The monoisotopic (exact) mass is 330 g/mol. The molecular formula is C15H14N4OS2. The van der Waals surface area contributed by atoms with Gasteiger partial charge in [0.05, 0.1) is 5.70 Å². The number of carbonyl (C=O) groups is 1. The van der Waals surface area contributed by atoms with E-state index in [-0.39, 0.29) is 11.8 Å². The van der Waals surface area contributed by atoms with Gasteiger partial charge in [-0.1, -0.05) is 34.3 Å². The average molecular weight is 330 g/mol. The molecular weight excluding hydrogens is 316 g/mol. The molecule has 0 amide bonds. The van der Waals surface area contributed by atoms with Crippen molar-refractivity contribution in [1.29, 1.82) is 0 Å². The minimum absolute atomic E-state index is 0.0314. The van der Waals surface area contributed by atoms with Gasteiger partial charge in [0.25, 0.3) is 0 Å². The lowest BCUT2D eigenvalue weighted by molar-refractivity contribution is -0.113. The predicted molar refractivity (Wildman–Crippen MR) is 90.3 cm³/mol. The number of nitrogens with zero attached hydrogens (tertiary/aromatic N) is 2. The third kappa shape index (κ3) is 2.77. The maximum atomic E-state index is 12.2. The van der Waals surface area contributed by atoms with E-state index in [4.69, 9.17) is 12.2 Å². The van der Waals surface area contributed by atoms with Gasteiger partial charge in [0.2, 0.25) is 0 Å². The summed E-state index contributed by atoms with van der Waals surface area (Å²) in [7, 11) is 0. The maximum absolute atomic E-state index is 12.2. The highest BCUT2D eigenvalue weighted by molar-refractivity contribution is 7.80. The Kier molecular flexibility index (Phi) is 4.00. The number of aryl methyl sites for hydroxylation is 1. The van der Waals surface area contributed by atoms with E-state index in [1.165, 1.54) is 11.5 Å². The van der Waals surface area contributed by atoms with Gasteiger partial charge < -0.3 is 10.6 Å². The van der Waals surface area contributed by atoms with Crippen molar-refractivity contribution in [3.05, 3.63) is 52.0 Å². The van der Waals surface area contributed by atoms with Crippen molar-refractivity contribution in [2.24, 2.45) is 0 Å². The first-order valence-corrected chi connectivity index (χ1v) is 7.97. The van der Waals surface area contributed by atoms with Gasteiger partial charge >= 0.3 is 0 Å². The molecule has 5 nitrogen and oxygen atoms in total. The number of Topliss-reactive ketones (excluding diaryl/α,β-unsaturated/α-hetero) is 1. The highest BCUT2D eigenvalue weighted by atomic mass is 32.1. The van der Waals surface area contributed by atoms with Gasteiger partial charge in [0.15, 0.2) is 10.9 Å². The van der Waals surface area contributed by atoms with Crippen molar-refractivity contribution in [1.82, 2.24) is 20.2 Å². The molecule has 0 saturated carbocycles. The maximum Gasteiger partial charge on any atom is 0.171 e. The molecule has 22 heavy (non-hydrogen) atoms. The fraction of sp³-hybridized carbons (Fsp3) is 0.200. The summed E-state index contributed by atoms with van der Waals surface area (Å²) in [6, 6.07) is 7.59. The first kappa shape index (κ1) is 14.8. The summed E-state index contributed by atoms with van der Waals surface area (Å²) in [5.74, 6) is -0.0314. The SMILES string of the molecule is CC(=O)C1=C(c2ccc(C)cc2)NC(=S)N[C@H]1c1csnn1. The van der Waals surface area contributed by atoms with E-state index >= 15 is 0 Å². The molecule has 0 aliphatic carbocycles. The van der Waals surface area contributed by atoms with Crippen molar-refractivity contribution >= 4 is 40.3 Å². The molecule has 1 atom stereocenters. The molecule has 1 aliphatic heterocycles. The second-order valence-electron chi connectivity index (χ2n) is 5.07. The van der Waals surface area contributed by atoms with Crippen LogP contribution in [0.1, 0.15) is 29.8 Å². The highest BCUT2D eigenvalue weighted by Gasteiger charge is 2.31. The lowest BCUT2D eigenvalue weighted by Crippen LogP contribution is -2.44. The summed E-state index contributed by atoms with van der Waals surface area (Å²) in [6.07, 6.45) is 0. The van der Waals surface area contributed by atoms with Crippen LogP contribution >= 0.6 is 23.8 Å². The van der Waals surface area contributed by atoms with E-state index in [0.29, 0.717) is 16.4 Å². The highest BCUT2D eigenvalue weighted by Crippen LogP contribution is 2.31. The van der Waals surface area contributed by atoms with Crippen LogP contribution in [0.2, 0.25) is 0 Å². The number of carbonyl (C=O) groups excluding carboxylic acids is 1. The smallest absolute Gasteiger partial charge is 0.171 e. The van der Waals surface area contributed by atoms with Crippen LogP contribution in [0.25, 0.3) is 5.70 Å². The van der Waals surface area contributed by atoms with Crippen LogP contribution in [0.5, 0.6) is 0 Å². The molecule has 1 aromatic carbocycles. The van der Waals surface area contributed by atoms with Gasteiger partial charge in [-0.2, -0.15) is 0 Å². The van der Waals surface area contributed by atoms with E-state index < -0.39 is 0 Å². The molecule has 2 heterocycles. The molecule has 0 saturated heterocycles. The number of hydrogen-bond acceptors (Lipinski definition) is 5. The van der Waals surface area contributed by atoms with Crippen LogP contribution in [-0.4, -0.2) is 20.5 Å². The fourth-order valence-electron chi connectivity index (χ4n) is 2.41. The van der Waals surface area contributed by atoms with Gasteiger partial charge in [0.1, 0.15) is 11.7 Å². The Morgan fingerprint density at radius 2 is 2.05 bits per heavy atom. The molecule has 3 rings (SSSR count). The van der Waals surface area contributed by atoms with Crippen LogP contribution in [-0.2, 0) is 4.79 Å². The zero-order valence-corrected chi connectivity index (χ0v) is 13.7. The molecule has 0 fully saturated rings. The Morgan fingerprint density at radius 1 is 1.32 bits per heavy atom. The number of rotatable bonds is 3. The van der Waals surface area contributed by atoms with E-state index in [0.717, 1.165) is 16.8 Å². The Hall–Kier alpha value is -2.12. The van der Waals surface area contributed by atoms with Crippen molar-refractivity contribution in [2.75, 3.05) is 0 Å². The van der Waals surface area contributed by atoms with Crippen molar-refractivity contribution in [2.45, 2.75) is 19.9 Å². The Bertz CT molecular complexity index is 750. The Morgan fingerprint density at radius 3 is 2.64 bits per heavy atom. The van der Waals surface area contributed by atoms with Crippen molar-refractivity contribution < 1.29 is 4.79 Å². The molecule has 0 spiro atoms. The molecule has 7 heteroatoms. The third-order valence-corrected chi connectivity index (χ3v) is 4.21. The molecule has 112 valence electrons. The van der Waals surface area contributed by atoms with Crippen LogP contribution in [0, 0.1) is 6.92 Å². The topological polar surface area (TPSA) is 66.9 Å². The zero-order valence-electron chi connectivity index (χ0n) is 12.1. The second-order valence-corrected chi connectivity index (χ2v) is 6.09. The minimum Gasteiger partial charge on any atom is -0.350 e. The van der Waals surface area contributed by atoms with E-state index in [1.807, 2.05) is 36.6 Å². The number of nitrogens with one attached hydrogen (secondary N) is 2. The molecule has 2 aromatic rings.